The summed E-state index contributed by atoms with van der Waals surface area (Å²) < 4.78 is 0. The van der Waals surface area contributed by atoms with Gasteiger partial charge in [-0.05, 0) is 30.7 Å². The van der Waals surface area contributed by atoms with Gasteiger partial charge in [-0.1, -0.05) is 30.3 Å². The second kappa shape index (κ2) is 8.00. The molecule has 2 aliphatic rings. The van der Waals surface area contributed by atoms with Gasteiger partial charge in [0, 0.05) is 26.2 Å². The summed E-state index contributed by atoms with van der Waals surface area (Å²) in [7, 11) is 0. The number of amides is 5. The third kappa shape index (κ3) is 4.49. The Morgan fingerprint density at radius 3 is 2.52 bits per heavy atom. The van der Waals surface area contributed by atoms with Gasteiger partial charge in [0.15, 0.2) is 0 Å². The molecular formula is C18H24N4O3. The topological polar surface area (TPSA) is 81.8 Å². The van der Waals surface area contributed by atoms with Crippen molar-refractivity contribution in [1.82, 2.24) is 20.4 Å². The van der Waals surface area contributed by atoms with Crippen LogP contribution in [-0.2, 0) is 11.2 Å². The van der Waals surface area contributed by atoms with Gasteiger partial charge in [0.25, 0.3) is 0 Å². The van der Waals surface area contributed by atoms with E-state index in [9.17, 15) is 14.4 Å². The van der Waals surface area contributed by atoms with Crippen LogP contribution in [0, 0.1) is 5.92 Å². The maximum Gasteiger partial charge on any atom is 0.324 e. The molecule has 1 aromatic carbocycles. The molecule has 7 heteroatoms. The molecule has 2 fully saturated rings. The van der Waals surface area contributed by atoms with Gasteiger partial charge in [-0.25, -0.2) is 9.59 Å². The van der Waals surface area contributed by atoms with E-state index in [1.807, 2.05) is 11.0 Å². The fourth-order valence-electron chi connectivity index (χ4n) is 3.36. The molecule has 25 heavy (non-hydrogen) atoms. The molecule has 1 aromatic rings. The average molecular weight is 344 g/mol. The molecule has 0 unspecified atom stereocenters. The summed E-state index contributed by atoms with van der Waals surface area (Å²) in [5, 5.41) is 5.26. The molecule has 2 N–H and O–H groups in total. The van der Waals surface area contributed by atoms with Gasteiger partial charge in [0.05, 0.1) is 6.54 Å². The molecule has 0 radical (unpaired) electrons. The molecule has 7 nitrogen and oxygen atoms in total. The average Bonchev–Trinajstić information content (AvgIpc) is 2.95. The first kappa shape index (κ1) is 17.3. The second-order valence-electron chi connectivity index (χ2n) is 6.56. The lowest BCUT2D eigenvalue weighted by molar-refractivity contribution is -0.124. The minimum absolute atomic E-state index is 0.0434. The SMILES string of the molecule is O=C(NCCN1C(=O)CNC1=O)N1CCC(Cc2ccccc2)CC1. The number of likely N-dealkylation sites (tertiary alicyclic amines) is 1. The quantitative estimate of drug-likeness (QED) is 0.788. The number of nitrogens with zero attached hydrogens (tertiary/aromatic N) is 2. The van der Waals surface area contributed by atoms with Gasteiger partial charge >= 0.3 is 12.1 Å². The third-order valence-electron chi connectivity index (χ3n) is 4.82. The molecule has 0 atom stereocenters. The minimum atomic E-state index is -0.388. The van der Waals surface area contributed by atoms with E-state index in [-0.39, 0.29) is 37.6 Å². The molecule has 0 aliphatic carbocycles. The van der Waals surface area contributed by atoms with Crippen LogP contribution in [0.4, 0.5) is 9.59 Å². The molecule has 2 aliphatic heterocycles. The van der Waals surface area contributed by atoms with E-state index in [1.165, 1.54) is 5.56 Å². The molecule has 0 aromatic heterocycles. The zero-order valence-corrected chi connectivity index (χ0v) is 14.2. The van der Waals surface area contributed by atoms with Gasteiger partial charge in [0.2, 0.25) is 5.91 Å². The number of urea groups is 2. The lowest BCUT2D eigenvalue weighted by atomic mass is 9.90. The molecule has 0 bridgehead atoms. The van der Waals surface area contributed by atoms with Crippen molar-refractivity contribution in [3.8, 4) is 0 Å². The van der Waals surface area contributed by atoms with Crippen molar-refractivity contribution in [1.29, 1.82) is 0 Å². The Kier molecular flexibility index (Phi) is 5.53. The van der Waals surface area contributed by atoms with Gasteiger partial charge in [-0.3, -0.25) is 9.69 Å². The van der Waals surface area contributed by atoms with Gasteiger partial charge < -0.3 is 15.5 Å². The van der Waals surface area contributed by atoms with Crippen LogP contribution in [0.2, 0.25) is 0 Å². The molecule has 2 heterocycles. The predicted octanol–water partition coefficient (Wildman–Crippen LogP) is 1.20. The normalized spacial score (nSPS) is 18.4. The number of imide groups is 1. The van der Waals surface area contributed by atoms with Gasteiger partial charge in [0.1, 0.15) is 0 Å². The Bertz CT molecular complexity index is 610. The monoisotopic (exact) mass is 344 g/mol. The van der Waals surface area contributed by atoms with Gasteiger partial charge in [-0.2, -0.15) is 0 Å². The minimum Gasteiger partial charge on any atom is -0.336 e. The van der Waals surface area contributed by atoms with Crippen LogP contribution in [0.5, 0.6) is 0 Å². The lowest BCUT2D eigenvalue weighted by Gasteiger charge is -2.32. The summed E-state index contributed by atoms with van der Waals surface area (Å²) in [4.78, 5) is 38.0. The number of hydrogen-bond donors (Lipinski definition) is 2. The van der Waals surface area contributed by atoms with E-state index in [0.29, 0.717) is 5.92 Å². The Morgan fingerprint density at radius 1 is 1.16 bits per heavy atom. The summed E-state index contributed by atoms with van der Waals surface area (Å²) in [6, 6.07) is 9.93. The highest BCUT2D eigenvalue weighted by atomic mass is 16.2. The highest BCUT2D eigenvalue weighted by molar-refractivity contribution is 6.01. The first-order chi connectivity index (χ1) is 12.1. The Labute approximate surface area is 147 Å². The van der Waals surface area contributed by atoms with Crippen LogP contribution in [0.3, 0.4) is 0 Å². The smallest absolute Gasteiger partial charge is 0.324 e. The summed E-state index contributed by atoms with van der Waals surface area (Å²) in [6.45, 7) is 2.02. The van der Waals surface area contributed by atoms with Crippen LogP contribution >= 0.6 is 0 Å². The summed E-state index contributed by atoms with van der Waals surface area (Å²) in [6.07, 6.45) is 3.05. The van der Waals surface area contributed by atoms with Gasteiger partial charge in [-0.15, -0.1) is 0 Å². The molecule has 3 rings (SSSR count). The van der Waals surface area contributed by atoms with Crippen molar-refractivity contribution < 1.29 is 14.4 Å². The van der Waals surface area contributed by atoms with E-state index in [0.717, 1.165) is 37.3 Å². The van der Waals surface area contributed by atoms with Crippen molar-refractivity contribution in [2.45, 2.75) is 19.3 Å². The first-order valence-corrected chi connectivity index (χ1v) is 8.78. The maximum atomic E-state index is 12.2. The van der Waals surface area contributed by atoms with Crippen molar-refractivity contribution in [3.05, 3.63) is 35.9 Å². The molecule has 0 spiro atoms. The lowest BCUT2D eigenvalue weighted by Crippen LogP contribution is -2.47. The third-order valence-corrected chi connectivity index (χ3v) is 4.82. The molecule has 134 valence electrons. The molecule has 5 amide bonds. The highest BCUT2D eigenvalue weighted by Crippen LogP contribution is 2.21. The maximum absolute atomic E-state index is 12.2. The van der Waals surface area contributed by atoms with Crippen molar-refractivity contribution in [3.63, 3.8) is 0 Å². The molecule has 0 saturated carbocycles. The fraction of sp³-hybridized carbons (Fsp3) is 0.500. The fourth-order valence-corrected chi connectivity index (χ4v) is 3.36. The number of hydrogen-bond acceptors (Lipinski definition) is 3. The Hall–Kier alpha value is -2.57. The summed E-state index contributed by atoms with van der Waals surface area (Å²) in [5.41, 5.74) is 1.35. The summed E-state index contributed by atoms with van der Waals surface area (Å²) >= 11 is 0. The van der Waals surface area contributed by atoms with Crippen LogP contribution in [0.15, 0.2) is 30.3 Å². The number of piperidine rings is 1. The summed E-state index contributed by atoms with van der Waals surface area (Å²) in [5.74, 6) is 0.360. The number of carbonyl (C=O) groups is 3. The van der Waals surface area contributed by atoms with E-state index in [1.54, 1.807) is 0 Å². The van der Waals surface area contributed by atoms with E-state index < -0.39 is 0 Å². The van der Waals surface area contributed by atoms with Crippen molar-refractivity contribution in [2.24, 2.45) is 5.92 Å². The number of nitrogens with one attached hydrogen (secondary N) is 2. The van der Waals surface area contributed by atoms with Crippen LogP contribution < -0.4 is 10.6 Å². The predicted molar refractivity (Wildman–Crippen MR) is 93.0 cm³/mol. The van der Waals surface area contributed by atoms with Crippen molar-refractivity contribution >= 4 is 18.0 Å². The number of rotatable bonds is 5. The van der Waals surface area contributed by atoms with E-state index >= 15 is 0 Å². The first-order valence-electron chi connectivity index (χ1n) is 8.78. The van der Waals surface area contributed by atoms with Crippen LogP contribution in [0.25, 0.3) is 0 Å². The zero-order valence-electron chi connectivity index (χ0n) is 14.2. The molecule has 2 saturated heterocycles. The largest absolute Gasteiger partial charge is 0.336 e. The van der Waals surface area contributed by atoms with Crippen molar-refractivity contribution in [2.75, 3.05) is 32.7 Å². The Morgan fingerprint density at radius 2 is 1.88 bits per heavy atom. The number of benzene rings is 1. The highest BCUT2D eigenvalue weighted by Gasteiger charge is 2.28. The zero-order chi connectivity index (χ0) is 17.6. The van der Waals surface area contributed by atoms with Crippen LogP contribution in [0.1, 0.15) is 18.4 Å². The van der Waals surface area contributed by atoms with Crippen LogP contribution in [-0.4, -0.2) is 60.5 Å². The molecular weight excluding hydrogens is 320 g/mol. The second-order valence-corrected chi connectivity index (χ2v) is 6.56. The van der Waals surface area contributed by atoms with E-state index in [4.69, 9.17) is 0 Å². The van der Waals surface area contributed by atoms with E-state index in [2.05, 4.69) is 34.9 Å². The standard InChI is InChI=1S/C18H24N4O3/c23-16-13-20-18(25)22(16)11-8-19-17(24)21-9-6-15(7-10-21)12-14-4-2-1-3-5-14/h1-5,15H,6-13H2,(H,19,24)(H,20,25). The number of carbonyl (C=O) groups excluding carboxylic acids is 3. The Balaban J connectivity index is 1.37.